The summed E-state index contributed by atoms with van der Waals surface area (Å²) in [5.74, 6) is 2.63. The SMILES string of the molecule is COc1ccc(S(=O)(=O)N2CCC3(CC2)NCCO3)cc1.COc1ccc(S(=O)(=O)N2CCC3(CC2)NCCO3)cc1OC.NS(=O)(=O)c1ccc(S(=O)(=O)N2CCC3(CC2)NCCO3)cc1.O=[N+]([O-])c1ccc(S(=O)(=O)N2CCC3(CC2)NCCO3)cc1.O=[N+]([O-])c1ccc(S(=O)(=O)N2CCC3(CC2)NCCS3)cc1. The van der Waals surface area contributed by atoms with Gasteiger partial charge in [0.2, 0.25) is 60.1 Å². The molecule has 0 bridgehead atoms. The van der Waals surface area contributed by atoms with Crippen LogP contribution in [0.4, 0.5) is 11.4 Å². The predicted octanol–water partition coefficient (Wildman–Crippen LogP) is 3.14. The molecule has 43 heteroatoms. The number of nitrogens with zero attached hydrogens (tertiary/aromatic N) is 7. The van der Waals surface area contributed by atoms with Crippen LogP contribution < -0.4 is 45.9 Å². The molecule has 612 valence electrons. The summed E-state index contributed by atoms with van der Waals surface area (Å²) in [6, 6.07) is 26.2. The number of benzene rings is 5. The molecule has 15 rings (SSSR count). The lowest BCUT2D eigenvalue weighted by atomic mass is 10.0. The minimum atomic E-state index is -3.84. The number of non-ortho nitro benzene ring substituents is 2. The van der Waals surface area contributed by atoms with E-state index in [0.29, 0.717) is 165 Å². The van der Waals surface area contributed by atoms with Crippen LogP contribution in [0.5, 0.6) is 17.2 Å². The molecule has 0 saturated carbocycles. The zero-order valence-corrected chi connectivity index (χ0v) is 67.4. The minimum Gasteiger partial charge on any atom is -0.497 e. The number of methoxy groups -OCH3 is 3. The van der Waals surface area contributed by atoms with Crippen LogP contribution >= 0.6 is 11.8 Å². The van der Waals surface area contributed by atoms with Gasteiger partial charge in [-0.2, -0.15) is 21.5 Å². The number of rotatable bonds is 16. The second-order valence-electron chi connectivity index (χ2n) is 27.6. The topological polar surface area (TPSA) is 458 Å². The van der Waals surface area contributed by atoms with Crippen molar-refractivity contribution in [1.82, 2.24) is 48.1 Å². The normalized spacial score (nSPS) is 22.1. The maximum Gasteiger partial charge on any atom is 0.269 e. The fraction of sp³-hybridized carbons (Fsp3) is 0.559. The first kappa shape index (κ1) is 85.6. The van der Waals surface area contributed by atoms with Gasteiger partial charge in [-0.1, -0.05) is 0 Å². The molecule has 10 fully saturated rings. The standard InChI is InChI=1S/C15H22N2O5S.C14H20N2O4S.C13H19N3O5S2.C13H17N3O5S.C13H17N3O4S2/c1-20-13-4-3-12(11-14(13)21-2)23(18,19)17-8-5-15(6-9-17)16-7-10-22-15;1-19-12-2-4-13(5-3-12)21(17,18)16-9-6-14(7-10-16)15-8-11-20-14;14-22(17,18)11-1-3-12(4-2-11)23(19,20)16-8-5-13(6-9-16)15-7-10-21-13;2*17-16(18)11-1-3-12(4-2-11)22(19,20)15-8-5-13(6-9-15)14-7-10-21-13/h3-4,11,16H,5-10H2,1-2H3;2-5,15H,6-11H2,1H3;1-4,15H,5-10H2,(H2,14,17,18);2*1-4,14H,5-10H2. The Labute approximate surface area is 651 Å². The first-order valence-corrected chi connectivity index (χ1v) is 45.8. The third-order valence-corrected chi connectivity index (χ3v) is 33.1. The molecule has 0 amide bonds. The lowest BCUT2D eigenvalue weighted by molar-refractivity contribution is -0.385. The maximum atomic E-state index is 12.8. The van der Waals surface area contributed by atoms with Gasteiger partial charge < -0.3 is 38.5 Å². The van der Waals surface area contributed by atoms with Gasteiger partial charge in [-0.05, 0) is 97.8 Å². The summed E-state index contributed by atoms with van der Waals surface area (Å²) < 4.78 is 195. The first-order chi connectivity index (χ1) is 52.6. The molecule has 10 saturated heterocycles. The van der Waals surface area contributed by atoms with E-state index >= 15 is 0 Å². The van der Waals surface area contributed by atoms with Crippen LogP contribution in [-0.2, 0) is 79.1 Å². The third kappa shape index (κ3) is 20.0. The fourth-order valence-electron chi connectivity index (χ4n) is 14.7. The van der Waals surface area contributed by atoms with Gasteiger partial charge in [0.05, 0.1) is 91.8 Å². The average molecular weight is 1690 g/mol. The number of nitrogens with two attached hydrogens (primary N) is 1. The average Bonchev–Trinajstić information content (AvgIpc) is 1.79. The highest BCUT2D eigenvalue weighted by molar-refractivity contribution is 8.00. The van der Waals surface area contributed by atoms with Crippen molar-refractivity contribution in [3.05, 3.63) is 135 Å². The van der Waals surface area contributed by atoms with E-state index in [0.717, 1.165) is 51.3 Å². The van der Waals surface area contributed by atoms with E-state index in [1.54, 1.807) is 43.5 Å². The molecule has 5 spiro atoms. The highest BCUT2D eigenvalue weighted by atomic mass is 32.2. The van der Waals surface area contributed by atoms with Gasteiger partial charge in [0, 0.05) is 186 Å². The summed E-state index contributed by atoms with van der Waals surface area (Å²) in [5, 5.41) is 43.0. The molecule has 10 aliphatic rings. The van der Waals surface area contributed by atoms with Gasteiger partial charge in [-0.15, -0.1) is 11.8 Å². The summed E-state index contributed by atoms with van der Waals surface area (Å²) in [6.07, 6.45) is 6.60. The van der Waals surface area contributed by atoms with Crippen LogP contribution in [0, 0.1) is 20.2 Å². The Hall–Kier alpha value is -6.25. The second-order valence-corrected chi connectivity index (χ2v) is 40.3. The summed E-state index contributed by atoms with van der Waals surface area (Å²) in [6.45, 7) is 11.1. The van der Waals surface area contributed by atoms with E-state index < -0.39 is 75.7 Å². The van der Waals surface area contributed by atoms with E-state index in [1.165, 1.54) is 115 Å². The number of nitrogens with one attached hydrogen (secondary N) is 5. The molecule has 111 heavy (non-hydrogen) atoms. The summed E-state index contributed by atoms with van der Waals surface area (Å²) in [7, 11) is -17.1. The van der Waals surface area contributed by atoms with Crippen molar-refractivity contribution in [3.8, 4) is 17.2 Å². The van der Waals surface area contributed by atoms with E-state index in [1.807, 2.05) is 11.8 Å². The molecule has 7 N–H and O–H groups in total. The third-order valence-electron chi connectivity index (χ3n) is 21.1. The first-order valence-electron chi connectivity index (χ1n) is 36.1. The van der Waals surface area contributed by atoms with Crippen LogP contribution in [0.25, 0.3) is 0 Å². The Morgan fingerprint density at radius 1 is 0.369 bits per heavy atom. The molecule has 0 aliphatic carbocycles. The van der Waals surface area contributed by atoms with Crippen LogP contribution in [0.3, 0.4) is 0 Å². The van der Waals surface area contributed by atoms with E-state index in [-0.39, 0.29) is 57.9 Å². The molecule has 36 nitrogen and oxygen atoms in total. The zero-order valence-electron chi connectivity index (χ0n) is 61.6. The van der Waals surface area contributed by atoms with Gasteiger partial charge in [-0.3, -0.25) is 41.5 Å². The highest BCUT2D eigenvalue weighted by Crippen LogP contribution is 2.40. The van der Waals surface area contributed by atoms with Crippen molar-refractivity contribution in [3.63, 3.8) is 0 Å². The lowest BCUT2D eigenvalue weighted by Crippen LogP contribution is -2.52. The number of sulfonamides is 6. The van der Waals surface area contributed by atoms with Gasteiger partial charge in [-0.25, -0.2) is 55.6 Å². The van der Waals surface area contributed by atoms with E-state index in [4.69, 9.17) is 38.3 Å². The van der Waals surface area contributed by atoms with Crippen LogP contribution in [0.2, 0.25) is 0 Å². The van der Waals surface area contributed by atoms with Gasteiger partial charge in [0.1, 0.15) is 28.6 Å². The van der Waals surface area contributed by atoms with Crippen molar-refractivity contribution in [2.75, 3.05) is 152 Å². The van der Waals surface area contributed by atoms with Crippen LogP contribution in [0.15, 0.2) is 145 Å². The molecule has 0 aromatic heterocycles. The molecule has 10 aliphatic heterocycles. The van der Waals surface area contributed by atoms with Gasteiger partial charge in [0.25, 0.3) is 11.4 Å². The van der Waals surface area contributed by atoms with Gasteiger partial charge in [0.15, 0.2) is 11.5 Å². The molecule has 0 radical (unpaired) electrons. The smallest absolute Gasteiger partial charge is 0.269 e. The molecule has 10 heterocycles. The number of primary sulfonamides is 1. The Bertz CT molecular complexity index is 4610. The van der Waals surface area contributed by atoms with Crippen molar-refractivity contribution in [2.24, 2.45) is 5.14 Å². The highest BCUT2D eigenvalue weighted by Gasteiger charge is 2.47. The van der Waals surface area contributed by atoms with Crippen LogP contribution in [0.1, 0.15) is 64.2 Å². The number of thioether (sulfide) groups is 1. The molecular weight excluding hydrogens is 1590 g/mol. The summed E-state index contributed by atoms with van der Waals surface area (Å²) in [5.41, 5.74) is -1.68. The summed E-state index contributed by atoms with van der Waals surface area (Å²) >= 11 is 1.87. The number of nitro groups is 2. The largest absolute Gasteiger partial charge is 0.497 e. The number of nitro benzene ring substituents is 2. The lowest BCUT2D eigenvalue weighted by Gasteiger charge is -2.38. The van der Waals surface area contributed by atoms with Crippen molar-refractivity contribution in [1.29, 1.82) is 0 Å². The number of hydrogen-bond donors (Lipinski definition) is 6. The van der Waals surface area contributed by atoms with E-state index in [9.17, 15) is 70.7 Å². The minimum absolute atomic E-state index is 0.0293. The van der Waals surface area contributed by atoms with Gasteiger partial charge >= 0.3 is 0 Å². The second kappa shape index (κ2) is 35.5. The van der Waals surface area contributed by atoms with Crippen molar-refractivity contribution < 1.29 is 93.5 Å². The quantitative estimate of drug-likeness (QED) is 0.0610. The van der Waals surface area contributed by atoms with Crippen molar-refractivity contribution in [2.45, 2.75) is 121 Å². The van der Waals surface area contributed by atoms with Crippen LogP contribution in [-0.4, -0.2) is 261 Å². The Balaban J connectivity index is 0.000000137. The maximum absolute atomic E-state index is 12.8. The molecule has 0 unspecified atom stereocenters. The predicted molar refractivity (Wildman–Crippen MR) is 406 cm³/mol. The van der Waals surface area contributed by atoms with E-state index in [2.05, 4.69) is 26.6 Å². The number of hydrogen-bond acceptors (Lipinski definition) is 29. The molecule has 0 atom stereocenters. The summed E-state index contributed by atoms with van der Waals surface area (Å²) in [4.78, 5) is 20.9. The number of ether oxygens (including phenoxy) is 7. The zero-order chi connectivity index (χ0) is 79.7. The monoisotopic (exact) mass is 1690 g/mol. The number of piperidine rings is 5. The van der Waals surface area contributed by atoms with Crippen molar-refractivity contribution >= 4 is 83.3 Å². The molecule has 5 aromatic carbocycles. The molecular formula is C68H95N13O23S7. The Morgan fingerprint density at radius 2 is 0.649 bits per heavy atom. The molecule has 5 aromatic rings. The Morgan fingerprint density at radius 3 is 0.910 bits per heavy atom. The fourth-order valence-corrected chi connectivity index (χ4v) is 23.7. The Kier molecular flexibility index (Phi) is 27.4.